The number of thioether (sulfide) groups is 1. The fraction of sp³-hybridized carbons (Fsp3) is 0.280. The van der Waals surface area contributed by atoms with Crippen LogP contribution >= 0.6 is 23.4 Å². The second-order valence-electron chi connectivity index (χ2n) is 7.53. The van der Waals surface area contributed by atoms with Gasteiger partial charge in [0.15, 0.2) is 5.16 Å². The van der Waals surface area contributed by atoms with Gasteiger partial charge in [0.1, 0.15) is 11.0 Å². The zero-order valence-electron chi connectivity index (χ0n) is 18.3. The van der Waals surface area contributed by atoms with Crippen LogP contribution in [0.4, 0.5) is 0 Å². The van der Waals surface area contributed by atoms with Gasteiger partial charge in [0.2, 0.25) is 0 Å². The van der Waals surface area contributed by atoms with Gasteiger partial charge in [0.05, 0.1) is 0 Å². The summed E-state index contributed by atoms with van der Waals surface area (Å²) in [5, 5.41) is 1.43. The molecule has 0 aliphatic carbocycles. The van der Waals surface area contributed by atoms with E-state index in [1.54, 1.807) is 16.3 Å². The number of aryl methyl sites for hydroxylation is 1. The number of benzene rings is 2. The molecule has 166 valence electrons. The summed E-state index contributed by atoms with van der Waals surface area (Å²) in [5.74, 6) is 0.702. The van der Waals surface area contributed by atoms with E-state index < -0.39 is 0 Å². The van der Waals surface area contributed by atoms with Crippen LogP contribution in [0.25, 0.3) is 22.2 Å². The van der Waals surface area contributed by atoms with Gasteiger partial charge < -0.3 is 9.30 Å². The Labute approximate surface area is 197 Å². The summed E-state index contributed by atoms with van der Waals surface area (Å²) in [5.41, 5.74) is 4.49. The molecule has 7 heteroatoms. The van der Waals surface area contributed by atoms with Crippen LogP contribution in [0.15, 0.2) is 70.7 Å². The smallest absolute Gasteiger partial charge is 0.278 e. The second-order valence-corrected chi connectivity index (χ2v) is 8.91. The summed E-state index contributed by atoms with van der Waals surface area (Å²) in [6.45, 7) is 3.83. The largest absolute Gasteiger partial charge is 0.382 e. The quantitative estimate of drug-likeness (QED) is 0.178. The lowest BCUT2D eigenvalue weighted by atomic mass is 10.1. The molecule has 0 fully saturated rings. The van der Waals surface area contributed by atoms with Gasteiger partial charge in [0, 0.05) is 49.3 Å². The molecule has 0 saturated heterocycles. The van der Waals surface area contributed by atoms with Crippen LogP contribution in [0.3, 0.4) is 0 Å². The van der Waals surface area contributed by atoms with Gasteiger partial charge in [-0.2, -0.15) is 0 Å². The number of halogens is 1. The SMILES string of the molecule is CCOCCCn1c(SCc2ccc(Cl)cc2)nc2c(-c3ccccc3)cn(C)c2c1=O. The van der Waals surface area contributed by atoms with Crippen molar-refractivity contribution in [3.8, 4) is 11.1 Å². The molecule has 0 bridgehead atoms. The van der Waals surface area contributed by atoms with E-state index in [1.165, 1.54) is 0 Å². The fourth-order valence-corrected chi connectivity index (χ4v) is 4.78. The molecule has 2 heterocycles. The van der Waals surface area contributed by atoms with E-state index in [2.05, 4.69) is 0 Å². The molecule has 32 heavy (non-hydrogen) atoms. The molecule has 5 nitrogen and oxygen atoms in total. The van der Waals surface area contributed by atoms with Gasteiger partial charge in [-0.15, -0.1) is 0 Å². The number of fused-ring (bicyclic) bond motifs is 1. The number of ether oxygens (including phenoxy) is 1. The van der Waals surface area contributed by atoms with Crippen molar-refractivity contribution in [1.82, 2.24) is 14.1 Å². The number of hydrogen-bond acceptors (Lipinski definition) is 4. The van der Waals surface area contributed by atoms with Gasteiger partial charge in [0.25, 0.3) is 5.56 Å². The lowest BCUT2D eigenvalue weighted by Gasteiger charge is -2.13. The lowest BCUT2D eigenvalue weighted by Crippen LogP contribution is -2.25. The Morgan fingerprint density at radius 3 is 2.56 bits per heavy atom. The van der Waals surface area contributed by atoms with E-state index in [1.807, 2.05) is 79.3 Å². The third-order valence-electron chi connectivity index (χ3n) is 5.28. The highest BCUT2D eigenvalue weighted by molar-refractivity contribution is 7.98. The first-order valence-electron chi connectivity index (χ1n) is 10.7. The first-order valence-corrected chi connectivity index (χ1v) is 12.0. The van der Waals surface area contributed by atoms with Crippen LogP contribution in [-0.2, 0) is 24.1 Å². The van der Waals surface area contributed by atoms with Gasteiger partial charge in [-0.3, -0.25) is 9.36 Å². The molecule has 0 aliphatic rings. The van der Waals surface area contributed by atoms with Crippen molar-refractivity contribution in [2.75, 3.05) is 13.2 Å². The Morgan fingerprint density at radius 1 is 1.09 bits per heavy atom. The van der Waals surface area contributed by atoms with Crippen molar-refractivity contribution in [2.24, 2.45) is 7.05 Å². The minimum absolute atomic E-state index is 0.0187. The topological polar surface area (TPSA) is 49.0 Å². The van der Waals surface area contributed by atoms with Crippen molar-refractivity contribution in [3.05, 3.63) is 81.7 Å². The Bertz CT molecular complexity index is 1250. The molecule has 2 aromatic carbocycles. The number of aromatic nitrogens is 3. The first-order chi connectivity index (χ1) is 15.6. The highest BCUT2D eigenvalue weighted by atomic mass is 35.5. The summed E-state index contributed by atoms with van der Waals surface area (Å²) in [6, 6.07) is 17.9. The molecule has 0 N–H and O–H groups in total. The van der Waals surface area contributed by atoms with Crippen LogP contribution in [0.5, 0.6) is 0 Å². The maximum Gasteiger partial charge on any atom is 0.278 e. The zero-order chi connectivity index (χ0) is 22.5. The molecule has 0 amide bonds. The average Bonchev–Trinajstić information content (AvgIpc) is 3.14. The predicted molar refractivity (Wildman–Crippen MR) is 133 cm³/mol. The van der Waals surface area contributed by atoms with Crippen molar-refractivity contribution in [1.29, 1.82) is 0 Å². The highest BCUT2D eigenvalue weighted by Gasteiger charge is 2.18. The third-order valence-corrected chi connectivity index (χ3v) is 6.58. The van der Waals surface area contributed by atoms with Crippen molar-refractivity contribution in [2.45, 2.75) is 30.8 Å². The molecular weight excluding hydrogens is 442 g/mol. The van der Waals surface area contributed by atoms with E-state index in [0.29, 0.717) is 36.1 Å². The molecular formula is C25H26ClN3O2S. The van der Waals surface area contributed by atoms with Crippen LogP contribution in [0, 0.1) is 0 Å². The summed E-state index contributed by atoms with van der Waals surface area (Å²) in [7, 11) is 1.91. The maximum absolute atomic E-state index is 13.6. The molecule has 4 rings (SSSR count). The highest BCUT2D eigenvalue weighted by Crippen LogP contribution is 2.30. The minimum Gasteiger partial charge on any atom is -0.382 e. The summed E-state index contributed by atoms with van der Waals surface area (Å²) < 4.78 is 9.17. The van der Waals surface area contributed by atoms with E-state index in [-0.39, 0.29) is 5.56 Å². The van der Waals surface area contributed by atoms with Gasteiger partial charge in [-0.1, -0.05) is 65.8 Å². The Hall–Kier alpha value is -2.54. The lowest BCUT2D eigenvalue weighted by molar-refractivity contribution is 0.140. The Morgan fingerprint density at radius 2 is 1.84 bits per heavy atom. The van der Waals surface area contributed by atoms with Gasteiger partial charge in [-0.25, -0.2) is 4.98 Å². The summed E-state index contributed by atoms with van der Waals surface area (Å²) in [6.07, 6.45) is 2.75. The minimum atomic E-state index is -0.0187. The van der Waals surface area contributed by atoms with Gasteiger partial charge >= 0.3 is 0 Å². The van der Waals surface area contributed by atoms with Crippen molar-refractivity contribution in [3.63, 3.8) is 0 Å². The fourth-order valence-electron chi connectivity index (χ4n) is 3.68. The summed E-state index contributed by atoms with van der Waals surface area (Å²) in [4.78, 5) is 18.6. The molecule has 4 aromatic rings. The van der Waals surface area contributed by atoms with E-state index in [0.717, 1.165) is 33.8 Å². The molecule has 0 saturated carbocycles. The molecule has 0 aliphatic heterocycles. The average molecular weight is 468 g/mol. The molecule has 2 aromatic heterocycles. The van der Waals surface area contributed by atoms with E-state index in [4.69, 9.17) is 21.3 Å². The Kier molecular flexibility index (Phi) is 7.35. The summed E-state index contributed by atoms with van der Waals surface area (Å²) >= 11 is 7.59. The second kappa shape index (κ2) is 10.4. The maximum atomic E-state index is 13.6. The number of nitrogens with zero attached hydrogens (tertiary/aromatic N) is 3. The molecule has 0 spiro atoms. The van der Waals surface area contributed by atoms with Crippen molar-refractivity contribution < 1.29 is 4.74 Å². The van der Waals surface area contributed by atoms with Gasteiger partial charge in [-0.05, 0) is 36.6 Å². The number of rotatable bonds is 9. The van der Waals surface area contributed by atoms with Crippen LogP contribution in [0.2, 0.25) is 5.02 Å². The zero-order valence-corrected chi connectivity index (χ0v) is 19.8. The normalized spacial score (nSPS) is 11.3. The number of hydrogen-bond donors (Lipinski definition) is 0. The monoisotopic (exact) mass is 467 g/mol. The Balaban J connectivity index is 1.76. The predicted octanol–water partition coefficient (Wildman–Crippen LogP) is 5.77. The van der Waals surface area contributed by atoms with Crippen molar-refractivity contribution >= 4 is 34.4 Å². The van der Waals surface area contributed by atoms with Crippen LogP contribution in [-0.4, -0.2) is 27.3 Å². The first kappa shape index (κ1) is 22.6. The van der Waals surface area contributed by atoms with Crippen LogP contribution in [0.1, 0.15) is 18.9 Å². The third kappa shape index (κ3) is 4.93. The molecule has 0 atom stereocenters. The standard InChI is InChI=1S/C25H26ClN3O2S/c1-3-31-15-7-14-29-24(30)23-22(21(16-28(23)2)19-8-5-4-6-9-19)27-25(29)32-17-18-10-12-20(26)13-11-18/h4-6,8-13,16H,3,7,14-15,17H2,1-2H3. The van der Waals surface area contributed by atoms with E-state index in [9.17, 15) is 4.79 Å². The molecule has 0 radical (unpaired) electrons. The molecule has 0 unspecified atom stereocenters. The van der Waals surface area contributed by atoms with Crippen LogP contribution < -0.4 is 5.56 Å². The van der Waals surface area contributed by atoms with E-state index >= 15 is 0 Å².